The molecule has 132 valence electrons. The van der Waals surface area contributed by atoms with Crippen LogP contribution in [0, 0.1) is 0 Å². The summed E-state index contributed by atoms with van der Waals surface area (Å²) in [5, 5.41) is 0.296. The summed E-state index contributed by atoms with van der Waals surface area (Å²) < 4.78 is 17.7. The van der Waals surface area contributed by atoms with E-state index in [0.29, 0.717) is 42.1 Å². The van der Waals surface area contributed by atoms with Crippen molar-refractivity contribution in [3.8, 4) is 11.6 Å². The van der Waals surface area contributed by atoms with Crippen molar-refractivity contribution in [1.82, 2.24) is 9.55 Å². The average molecular weight is 352 g/mol. The molecule has 0 spiro atoms. The SMILES string of the molecule is COCCCn1c(-c2ccco2)nc2oc3ccccc3c(=O)c2c1=O. The lowest BCUT2D eigenvalue weighted by Crippen LogP contribution is -2.28. The lowest BCUT2D eigenvalue weighted by atomic mass is 10.2. The van der Waals surface area contributed by atoms with Crippen molar-refractivity contribution in [2.75, 3.05) is 13.7 Å². The third kappa shape index (κ3) is 2.62. The fraction of sp³-hybridized carbons (Fsp3) is 0.211. The molecule has 3 aromatic heterocycles. The molecule has 7 heteroatoms. The van der Waals surface area contributed by atoms with E-state index >= 15 is 0 Å². The summed E-state index contributed by atoms with van der Waals surface area (Å²) in [4.78, 5) is 30.3. The van der Waals surface area contributed by atoms with Crippen LogP contribution in [0.25, 0.3) is 33.7 Å². The molecule has 1 aromatic carbocycles. The minimum Gasteiger partial charge on any atom is -0.461 e. The van der Waals surface area contributed by atoms with E-state index < -0.39 is 5.56 Å². The highest BCUT2D eigenvalue weighted by molar-refractivity contribution is 5.88. The summed E-state index contributed by atoms with van der Waals surface area (Å²) in [7, 11) is 1.59. The van der Waals surface area contributed by atoms with Crippen molar-refractivity contribution in [2.24, 2.45) is 0 Å². The lowest BCUT2D eigenvalue weighted by molar-refractivity contribution is 0.190. The fourth-order valence-electron chi connectivity index (χ4n) is 2.95. The Morgan fingerprint density at radius 3 is 2.77 bits per heavy atom. The summed E-state index contributed by atoms with van der Waals surface area (Å²) in [6, 6.07) is 10.2. The van der Waals surface area contributed by atoms with E-state index in [1.54, 1.807) is 43.5 Å². The summed E-state index contributed by atoms with van der Waals surface area (Å²) in [5.41, 5.74) is -0.435. The minimum absolute atomic E-state index is 0.00749. The van der Waals surface area contributed by atoms with E-state index in [0.717, 1.165) is 0 Å². The number of para-hydroxylation sites is 1. The van der Waals surface area contributed by atoms with Gasteiger partial charge in [-0.1, -0.05) is 12.1 Å². The molecule has 0 radical (unpaired) electrons. The van der Waals surface area contributed by atoms with Crippen molar-refractivity contribution >= 4 is 22.1 Å². The van der Waals surface area contributed by atoms with Gasteiger partial charge in [-0.15, -0.1) is 0 Å². The molecule has 0 saturated carbocycles. The summed E-state index contributed by atoms with van der Waals surface area (Å²) in [5.74, 6) is 0.749. The number of aromatic nitrogens is 2. The number of ether oxygens (including phenoxy) is 1. The molecule has 0 aliphatic heterocycles. The first-order valence-corrected chi connectivity index (χ1v) is 8.20. The van der Waals surface area contributed by atoms with Gasteiger partial charge in [-0.3, -0.25) is 14.2 Å². The van der Waals surface area contributed by atoms with Crippen molar-refractivity contribution in [2.45, 2.75) is 13.0 Å². The zero-order valence-electron chi connectivity index (χ0n) is 14.1. The van der Waals surface area contributed by atoms with Crippen LogP contribution in [0.5, 0.6) is 0 Å². The van der Waals surface area contributed by atoms with Crippen molar-refractivity contribution in [1.29, 1.82) is 0 Å². The molecule has 0 aliphatic rings. The first kappa shape index (κ1) is 16.3. The normalized spacial score (nSPS) is 11.4. The number of nitrogens with zero attached hydrogens (tertiary/aromatic N) is 2. The van der Waals surface area contributed by atoms with E-state index in [9.17, 15) is 9.59 Å². The van der Waals surface area contributed by atoms with E-state index in [4.69, 9.17) is 13.6 Å². The fourth-order valence-corrected chi connectivity index (χ4v) is 2.95. The van der Waals surface area contributed by atoms with Gasteiger partial charge in [0.25, 0.3) is 5.56 Å². The summed E-state index contributed by atoms with van der Waals surface area (Å²) >= 11 is 0. The molecule has 0 aliphatic carbocycles. The molecule has 0 saturated heterocycles. The maximum Gasteiger partial charge on any atom is 0.269 e. The largest absolute Gasteiger partial charge is 0.461 e. The van der Waals surface area contributed by atoms with Crippen molar-refractivity contribution in [3.05, 3.63) is 63.2 Å². The molecule has 7 nitrogen and oxygen atoms in total. The topological polar surface area (TPSA) is 87.5 Å². The molecular weight excluding hydrogens is 336 g/mol. The maximum absolute atomic E-state index is 13.1. The zero-order chi connectivity index (χ0) is 18.1. The second kappa shape index (κ2) is 6.61. The Morgan fingerprint density at radius 2 is 2.00 bits per heavy atom. The van der Waals surface area contributed by atoms with Crippen LogP contribution in [0.15, 0.2) is 61.1 Å². The smallest absolute Gasteiger partial charge is 0.269 e. The van der Waals surface area contributed by atoms with E-state index in [1.807, 2.05) is 0 Å². The monoisotopic (exact) mass is 352 g/mol. The number of benzene rings is 1. The van der Waals surface area contributed by atoms with E-state index in [1.165, 1.54) is 10.8 Å². The van der Waals surface area contributed by atoms with E-state index in [-0.39, 0.29) is 16.5 Å². The van der Waals surface area contributed by atoms with Crippen molar-refractivity contribution in [3.63, 3.8) is 0 Å². The molecule has 4 rings (SSSR count). The minimum atomic E-state index is -0.447. The predicted molar refractivity (Wildman–Crippen MR) is 96.2 cm³/mol. The second-order valence-electron chi connectivity index (χ2n) is 5.82. The Labute approximate surface area is 147 Å². The van der Waals surface area contributed by atoms with Gasteiger partial charge in [-0.05, 0) is 30.7 Å². The maximum atomic E-state index is 13.1. The van der Waals surface area contributed by atoms with Crippen LogP contribution in [-0.4, -0.2) is 23.3 Å². The molecular formula is C19H16N2O5. The number of hydrogen-bond acceptors (Lipinski definition) is 6. The summed E-state index contributed by atoms with van der Waals surface area (Å²) in [6.07, 6.45) is 2.10. The predicted octanol–water partition coefficient (Wildman–Crippen LogP) is 2.80. The van der Waals surface area contributed by atoms with Crippen LogP contribution in [0.2, 0.25) is 0 Å². The molecule has 0 fully saturated rings. The van der Waals surface area contributed by atoms with Gasteiger partial charge in [0.15, 0.2) is 17.0 Å². The van der Waals surface area contributed by atoms with Crippen LogP contribution in [0.1, 0.15) is 6.42 Å². The van der Waals surface area contributed by atoms with Crippen LogP contribution < -0.4 is 11.0 Å². The molecule has 0 atom stereocenters. The third-order valence-corrected chi connectivity index (χ3v) is 4.17. The molecule has 0 N–H and O–H groups in total. The van der Waals surface area contributed by atoms with E-state index in [2.05, 4.69) is 4.98 Å². The molecule has 26 heavy (non-hydrogen) atoms. The zero-order valence-corrected chi connectivity index (χ0v) is 14.1. The Bertz CT molecular complexity index is 1190. The Hall–Kier alpha value is -3.19. The van der Waals surface area contributed by atoms with Gasteiger partial charge in [0, 0.05) is 20.3 Å². The second-order valence-corrected chi connectivity index (χ2v) is 5.82. The Balaban J connectivity index is 2.05. The van der Waals surface area contributed by atoms with Crippen LogP contribution in [0.4, 0.5) is 0 Å². The highest BCUT2D eigenvalue weighted by atomic mass is 16.5. The number of hydrogen-bond donors (Lipinski definition) is 0. The van der Waals surface area contributed by atoms with Gasteiger partial charge in [0.05, 0.1) is 11.6 Å². The average Bonchev–Trinajstić information content (AvgIpc) is 3.18. The quantitative estimate of drug-likeness (QED) is 0.405. The number of furan rings is 1. The van der Waals surface area contributed by atoms with Gasteiger partial charge >= 0.3 is 0 Å². The first-order valence-electron chi connectivity index (χ1n) is 8.20. The number of fused-ring (bicyclic) bond motifs is 2. The van der Waals surface area contributed by atoms with Gasteiger partial charge in [0.1, 0.15) is 5.58 Å². The van der Waals surface area contributed by atoms with Crippen molar-refractivity contribution < 1.29 is 13.6 Å². The molecule has 0 unspecified atom stereocenters. The number of methoxy groups -OCH3 is 1. The van der Waals surface area contributed by atoms with Crippen LogP contribution >= 0.6 is 0 Å². The summed E-state index contributed by atoms with van der Waals surface area (Å²) in [6.45, 7) is 0.826. The third-order valence-electron chi connectivity index (χ3n) is 4.17. The lowest BCUT2D eigenvalue weighted by Gasteiger charge is -2.11. The highest BCUT2D eigenvalue weighted by Gasteiger charge is 2.19. The van der Waals surface area contributed by atoms with Crippen LogP contribution in [0.3, 0.4) is 0 Å². The van der Waals surface area contributed by atoms with Gasteiger partial charge in [0.2, 0.25) is 11.1 Å². The highest BCUT2D eigenvalue weighted by Crippen LogP contribution is 2.21. The Kier molecular flexibility index (Phi) is 4.14. The first-order chi connectivity index (χ1) is 12.7. The van der Waals surface area contributed by atoms with Gasteiger partial charge in [-0.25, -0.2) is 0 Å². The van der Waals surface area contributed by atoms with Gasteiger partial charge < -0.3 is 13.6 Å². The molecule has 0 amide bonds. The Morgan fingerprint density at radius 1 is 1.15 bits per heavy atom. The molecule has 3 heterocycles. The molecule has 4 aromatic rings. The van der Waals surface area contributed by atoms with Gasteiger partial charge in [-0.2, -0.15) is 4.98 Å². The molecule has 0 bridgehead atoms. The van der Waals surface area contributed by atoms with Crippen LogP contribution in [-0.2, 0) is 11.3 Å². The standard InChI is InChI=1S/C19H16N2O5/c1-24-10-5-9-21-17(14-8-4-11-25-14)20-18-15(19(21)23)16(22)12-6-2-3-7-13(12)26-18/h2-4,6-8,11H,5,9-10H2,1H3. The number of rotatable bonds is 5.